The molecule has 0 unspecified atom stereocenters. The van der Waals surface area contributed by atoms with Crippen molar-refractivity contribution in [2.75, 3.05) is 26.8 Å². The summed E-state index contributed by atoms with van der Waals surface area (Å²) in [6, 6.07) is 2.00. The van der Waals surface area contributed by atoms with Crippen molar-refractivity contribution < 1.29 is 9.53 Å². The maximum Gasteiger partial charge on any atom is 0.234 e. The van der Waals surface area contributed by atoms with Crippen LogP contribution in [0.3, 0.4) is 0 Å². The summed E-state index contributed by atoms with van der Waals surface area (Å²) in [5, 5.41) is 9.83. The average molecular weight is 228 g/mol. The lowest BCUT2D eigenvalue weighted by Gasteiger charge is -2.05. The summed E-state index contributed by atoms with van der Waals surface area (Å²) in [5.41, 5.74) is 1.14. The Kier molecular flexibility index (Phi) is 5.99. The Morgan fingerprint density at radius 1 is 1.60 bits per heavy atom. The highest BCUT2D eigenvalue weighted by Crippen LogP contribution is 2.04. The summed E-state index contributed by atoms with van der Waals surface area (Å²) in [7, 11) is 1.64. The molecule has 0 bridgehead atoms. The topological polar surface area (TPSA) is 50.4 Å². The minimum atomic E-state index is 0.0114. The van der Waals surface area contributed by atoms with Crippen LogP contribution in [0.2, 0.25) is 0 Å². The van der Waals surface area contributed by atoms with Crippen LogP contribution in [0.25, 0.3) is 0 Å². The van der Waals surface area contributed by atoms with E-state index in [4.69, 9.17) is 4.74 Å². The second-order valence-electron chi connectivity index (χ2n) is 3.08. The lowest BCUT2D eigenvalue weighted by Crippen LogP contribution is -2.34. The van der Waals surface area contributed by atoms with E-state index in [0.717, 1.165) is 5.56 Å². The SMILES string of the molecule is COCCNCC(=O)NCc1ccsc1. The Morgan fingerprint density at radius 3 is 3.13 bits per heavy atom. The Morgan fingerprint density at radius 2 is 2.47 bits per heavy atom. The fraction of sp³-hybridized carbons (Fsp3) is 0.500. The number of carbonyl (C=O) groups is 1. The van der Waals surface area contributed by atoms with E-state index < -0.39 is 0 Å². The van der Waals surface area contributed by atoms with Gasteiger partial charge in [-0.15, -0.1) is 0 Å². The van der Waals surface area contributed by atoms with Crippen molar-refractivity contribution in [3.05, 3.63) is 22.4 Å². The second-order valence-corrected chi connectivity index (χ2v) is 3.86. The lowest BCUT2D eigenvalue weighted by molar-refractivity contribution is -0.120. The molecule has 1 amide bonds. The van der Waals surface area contributed by atoms with Crippen LogP contribution in [0, 0.1) is 0 Å². The largest absolute Gasteiger partial charge is 0.383 e. The van der Waals surface area contributed by atoms with Crippen molar-refractivity contribution >= 4 is 17.2 Å². The van der Waals surface area contributed by atoms with Crippen molar-refractivity contribution in [2.24, 2.45) is 0 Å². The summed E-state index contributed by atoms with van der Waals surface area (Å²) in [5.74, 6) is 0.0114. The number of hydrogen-bond acceptors (Lipinski definition) is 4. The van der Waals surface area contributed by atoms with Gasteiger partial charge in [0.25, 0.3) is 0 Å². The zero-order valence-electron chi connectivity index (χ0n) is 8.79. The molecule has 0 spiro atoms. The van der Waals surface area contributed by atoms with Gasteiger partial charge in [0.15, 0.2) is 0 Å². The molecule has 0 atom stereocenters. The quantitative estimate of drug-likeness (QED) is 0.672. The van der Waals surface area contributed by atoms with Crippen molar-refractivity contribution in [3.8, 4) is 0 Å². The Hall–Kier alpha value is -0.910. The fourth-order valence-corrected chi connectivity index (χ4v) is 1.70. The maximum atomic E-state index is 11.3. The van der Waals surface area contributed by atoms with Gasteiger partial charge in [-0.2, -0.15) is 11.3 Å². The first kappa shape index (κ1) is 12.2. The highest BCUT2D eigenvalue weighted by molar-refractivity contribution is 7.07. The number of hydrogen-bond donors (Lipinski definition) is 2. The molecular formula is C10H16N2O2S. The molecule has 5 heteroatoms. The first-order valence-corrected chi connectivity index (χ1v) is 5.74. The fourth-order valence-electron chi connectivity index (χ4n) is 1.03. The second kappa shape index (κ2) is 7.39. The van der Waals surface area contributed by atoms with Gasteiger partial charge in [0.2, 0.25) is 5.91 Å². The molecule has 0 saturated carbocycles. The third kappa shape index (κ3) is 5.51. The van der Waals surface area contributed by atoms with E-state index in [2.05, 4.69) is 10.6 Å². The molecule has 0 aliphatic rings. The summed E-state index contributed by atoms with van der Waals surface area (Å²) in [6.45, 7) is 2.27. The minimum Gasteiger partial charge on any atom is -0.383 e. The van der Waals surface area contributed by atoms with Gasteiger partial charge in [0.1, 0.15) is 0 Å². The van der Waals surface area contributed by atoms with Gasteiger partial charge in [-0.05, 0) is 22.4 Å². The molecule has 0 aromatic carbocycles. The van der Waals surface area contributed by atoms with E-state index in [1.54, 1.807) is 18.4 Å². The Balaban J connectivity index is 2.04. The van der Waals surface area contributed by atoms with Crippen LogP contribution in [0.1, 0.15) is 5.56 Å². The smallest absolute Gasteiger partial charge is 0.234 e. The van der Waals surface area contributed by atoms with Crippen LogP contribution in [0.5, 0.6) is 0 Å². The van der Waals surface area contributed by atoms with Gasteiger partial charge in [-0.1, -0.05) is 0 Å². The highest BCUT2D eigenvalue weighted by Gasteiger charge is 2.00. The molecule has 4 nitrogen and oxygen atoms in total. The van der Waals surface area contributed by atoms with E-state index in [9.17, 15) is 4.79 Å². The zero-order chi connectivity index (χ0) is 10.9. The summed E-state index contributed by atoms with van der Waals surface area (Å²) in [4.78, 5) is 11.3. The van der Waals surface area contributed by atoms with Crippen molar-refractivity contribution in [2.45, 2.75) is 6.54 Å². The molecule has 1 aromatic heterocycles. The van der Waals surface area contributed by atoms with Gasteiger partial charge in [0.05, 0.1) is 13.2 Å². The Bertz CT molecular complexity index is 275. The van der Waals surface area contributed by atoms with Crippen LogP contribution < -0.4 is 10.6 Å². The molecule has 0 fully saturated rings. The van der Waals surface area contributed by atoms with E-state index in [0.29, 0.717) is 26.2 Å². The molecule has 0 aliphatic carbocycles. The van der Waals surface area contributed by atoms with E-state index in [1.165, 1.54) is 0 Å². The highest BCUT2D eigenvalue weighted by atomic mass is 32.1. The first-order chi connectivity index (χ1) is 7.33. The summed E-state index contributed by atoms with van der Waals surface area (Å²) in [6.07, 6.45) is 0. The van der Waals surface area contributed by atoms with Gasteiger partial charge < -0.3 is 15.4 Å². The van der Waals surface area contributed by atoms with Crippen LogP contribution in [0.15, 0.2) is 16.8 Å². The minimum absolute atomic E-state index is 0.0114. The molecule has 1 rings (SSSR count). The number of amides is 1. The predicted octanol–water partition coefficient (Wildman–Crippen LogP) is 0.600. The normalized spacial score (nSPS) is 10.2. The molecule has 2 N–H and O–H groups in total. The number of thiophene rings is 1. The zero-order valence-corrected chi connectivity index (χ0v) is 9.60. The number of carbonyl (C=O) groups excluding carboxylic acids is 1. The molecule has 1 aromatic rings. The third-order valence-corrected chi connectivity index (χ3v) is 2.57. The van der Waals surface area contributed by atoms with E-state index >= 15 is 0 Å². The van der Waals surface area contributed by atoms with Gasteiger partial charge in [-0.25, -0.2) is 0 Å². The molecule has 0 aliphatic heterocycles. The van der Waals surface area contributed by atoms with Crippen molar-refractivity contribution in [3.63, 3.8) is 0 Å². The van der Waals surface area contributed by atoms with Crippen LogP contribution in [-0.2, 0) is 16.1 Å². The molecule has 15 heavy (non-hydrogen) atoms. The molecule has 0 saturated heterocycles. The number of nitrogens with one attached hydrogen (secondary N) is 2. The maximum absolute atomic E-state index is 11.3. The first-order valence-electron chi connectivity index (χ1n) is 4.80. The number of ether oxygens (including phenoxy) is 1. The van der Waals surface area contributed by atoms with E-state index in [-0.39, 0.29) is 5.91 Å². The van der Waals surface area contributed by atoms with Crippen molar-refractivity contribution in [1.29, 1.82) is 0 Å². The summed E-state index contributed by atoms with van der Waals surface area (Å²) < 4.78 is 4.85. The monoisotopic (exact) mass is 228 g/mol. The van der Waals surface area contributed by atoms with Crippen LogP contribution >= 0.6 is 11.3 Å². The van der Waals surface area contributed by atoms with Gasteiger partial charge in [-0.3, -0.25) is 4.79 Å². The number of rotatable bonds is 7. The molecular weight excluding hydrogens is 212 g/mol. The van der Waals surface area contributed by atoms with Gasteiger partial charge >= 0.3 is 0 Å². The van der Waals surface area contributed by atoms with Crippen LogP contribution in [-0.4, -0.2) is 32.7 Å². The molecule has 1 heterocycles. The standard InChI is InChI=1S/C10H16N2O2S/c1-14-4-3-11-7-10(13)12-6-9-2-5-15-8-9/h2,5,8,11H,3-4,6-7H2,1H3,(H,12,13). The molecule has 84 valence electrons. The van der Waals surface area contributed by atoms with Crippen LogP contribution in [0.4, 0.5) is 0 Å². The van der Waals surface area contributed by atoms with Crippen molar-refractivity contribution in [1.82, 2.24) is 10.6 Å². The predicted molar refractivity (Wildman–Crippen MR) is 60.9 cm³/mol. The van der Waals surface area contributed by atoms with E-state index in [1.807, 2.05) is 16.8 Å². The Labute approximate surface area is 93.6 Å². The lowest BCUT2D eigenvalue weighted by atomic mass is 10.3. The van der Waals surface area contributed by atoms with Gasteiger partial charge in [0, 0.05) is 20.2 Å². The third-order valence-electron chi connectivity index (χ3n) is 1.84. The average Bonchev–Trinajstić information content (AvgIpc) is 2.74. The number of methoxy groups -OCH3 is 1. The molecule has 0 radical (unpaired) electrons. The summed E-state index contributed by atoms with van der Waals surface area (Å²) >= 11 is 1.63.